The number of nitrogens with zero attached hydrogens (tertiary/aromatic N) is 3. The van der Waals surface area contributed by atoms with Crippen molar-refractivity contribution in [2.75, 3.05) is 34.5 Å². The maximum Gasteiger partial charge on any atom is 0.315 e. The van der Waals surface area contributed by atoms with E-state index in [2.05, 4.69) is 15.1 Å². The summed E-state index contributed by atoms with van der Waals surface area (Å²) in [7, 11) is 4.67. The first-order chi connectivity index (χ1) is 14.9. The summed E-state index contributed by atoms with van der Waals surface area (Å²) >= 11 is 0. The molecule has 1 aliphatic heterocycles. The molecule has 0 aliphatic carbocycles. The number of rotatable bonds is 8. The van der Waals surface area contributed by atoms with Crippen LogP contribution < -0.4 is 9.47 Å². The lowest BCUT2D eigenvalue weighted by Crippen LogP contribution is -2.34. The lowest BCUT2D eigenvalue weighted by molar-refractivity contribution is -0.147. The molecule has 2 unspecified atom stereocenters. The molecule has 9 heteroatoms. The smallest absolute Gasteiger partial charge is 0.315 e. The number of esters is 1. The van der Waals surface area contributed by atoms with Gasteiger partial charge < -0.3 is 23.5 Å². The number of allylic oxidation sites excluding steroid dienone is 2. The van der Waals surface area contributed by atoms with E-state index in [-0.39, 0.29) is 6.61 Å². The topological polar surface area (TPSA) is 105 Å². The van der Waals surface area contributed by atoms with Gasteiger partial charge in [-0.2, -0.15) is 4.98 Å². The fraction of sp³-hybridized carbons (Fsp3) is 0.455. The molecule has 2 aromatic rings. The maximum atomic E-state index is 13.2. The van der Waals surface area contributed by atoms with E-state index >= 15 is 0 Å². The number of carbonyl (C=O) groups is 1. The van der Waals surface area contributed by atoms with Gasteiger partial charge in [0.25, 0.3) is 5.89 Å². The standard InChI is InChI=1S/C22H27N3O6/c1-12-17(21-24-14(3)25-31-21)19(15-8-7-9-16(28-5)20(15)29-6)18(13(2)23-12)22(26)30-11-10-27-4/h7-9,18-19H,10-11H2,1-6H3. The van der Waals surface area contributed by atoms with E-state index in [1.807, 2.05) is 19.1 Å². The van der Waals surface area contributed by atoms with Crippen molar-refractivity contribution >= 4 is 17.3 Å². The lowest BCUT2D eigenvalue weighted by Gasteiger charge is -2.32. The van der Waals surface area contributed by atoms with Gasteiger partial charge in [-0.25, -0.2) is 0 Å². The van der Waals surface area contributed by atoms with Crippen molar-refractivity contribution in [1.82, 2.24) is 10.1 Å². The molecule has 2 atom stereocenters. The highest BCUT2D eigenvalue weighted by Crippen LogP contribution is 2.48. The third kappa shape index (κ3) is 4.46. The summed E-state index contributed by atoms with van der Waals surface area (Å²) < 4.78 is 27.2. The van der Waals surface area contributed by atoms with Gasteiger partial charge in [-0.05, 0) is 26.8 Å². The second-order valence-electron chi connectivity index (χ2n) is 7.10. The normalized spacial score (nSPS) is 18.6. The summed E-state index contributed by atoms with van der Waals surface area (Å²) in [4.78, 5) is 22.2. The molecular weight excluding hydrogens is 402 g/mol. The summed E-state index contributed by atoms with van der Waals surface area (Å²) in [5, 5.41) is 3.92. The molecule has 1 aromatic heterocycles. The summed E-state index contributed by atoms with van der Waals surface area (Å²) in [6.07, 6.45) is 0. The van der Waals surface area contributed by atoms with E-state index in [9.17, 15) is 4.79 Å². The molecule has 3 rings (SSSR count). The zero-order valence-electron chi connectivity index (χ0n) is 18.6. The predicted octanol–water partition coefficient (Wildman–Crippen LogP) is 3.19. The van der Waals surface area contributed by atoms with E-state index < -0.39 is 17.8 Å². The molecule has 0 amide bonds. The van der Waals surface area contributed by atoms with Crippen molar-refractivity contribution in [2.24, 2.45) is 10.9 Å². The third-order valence-electron chi connectivity index (χ3n) is 5.14. The highest BCUT2D eigenvalue weighted by atomic mass is 16.6. The van der Waals surface area contributed by atoms with Crippen LogP contribution in [-0.2, 0) is 14.3 Å². The van der Waals surface area contributed by atoms with Gasteiger partial charge in [0.15, 0.2) is 17.3 Å². The Morgan fingerprint density at radius 1 is 1.10 bits per heavy atom. The van der Waals surface area contributed by atoms with Crippen LogP contribution in [0.2, 0.25) is 0 Å². The van der Waals surface area contributed by atoms with Gasteiger partial charge in [0.1, 0.15) is 12.5 Å². The molecule has 1 aliphatic rings. The molecule has 0 bridgehead atoms. The minimum absolute atomic E-state index is 0.138. The Morgan fingerprint density at radius 3 is 2.48 bits per heavy atom. The molecule has 0 N–H and O–H groups in total. The van der Waals surface area contributed by atoms with Crippen molar-refractivity contribution in [3.05, 3.63) is 41.2 Å². The van der Waals surface area contributed by atoms with E-state index in [1.165, 1.54) is 0 Å². The second-order valence-corrected chi connectivity index (χ2v) is 7.10. The SMILES string of the molecule is COCCOC(=O)C1C(C)=NC(C)=C(c2nc(C)no2)C1c1cccc(OC)c1OC. The first-order valence-corrected chi connectivity index (χ1v) is 9.86. The van der Waals surface area contributed by atoms with E-state index in [0.717, 1.165) is 5.56 Å². The lowest BCUT2D eigenvalue weighted by atomic mass is 9.75. The van der Waals surface area contributed by atoms with Crippen LogP contribution in [0.4, 0.5) is 0 Å². The quantitative estimate of drug-likeness (QED) is 0.465. The Bertz CT molecular complexity index is 1010. The number of aliphatic imine (C=N–C) groups is 1. The van der Waals surface area contributed by atoms with Crippen molar-refractivity contribution in [3.8, 4) is 11.5 Å². The van der Waals surface area contributed by atoms with Crippen molar-refractivity contribution in [3.63, 3.8) is 0 Å². The van der Waals surface area contributed by atoms with Gasteiger partial charge in [-0.15, -0.1) is 0 Å². The van der Waals surface area contributed by atoms with Crippen LogP contribution in [0, 0.1) is 12.8 Å². The first-order valence-electron chi connectivity index (χ1n) is 9.86. The molecule has 166 valence electrons. The average molecular weight is 429 g/mol. The summed E-state index contributed by atoms with van der Waals surface area (Å²) in [5.74, 6) is 0.176. The van der Waals surface area contributed by atoms with Gasteiger partial charge in [-0.1, -0.05) is 17.3 Å². The second kappa shape index (κ2) is 9.74. The highest BCUT2D eigenvalue weighted by Gasteiger charge is 2.43. The fourth-order valence-electron chi connectivity index (χ4n) is 3.84. The summed E-state index contributed by atoms with van der Waals surface area (Å²) in [5.41, 5.74) is 2.67. The molecule has 0 saturated carbocycles. The monoisotopic (exact) mass is 429 g/mol. The number of para-hydroxylation sites is 1. The third-order valence-corrected chi connectivity index (χ3v) is 5.14. The Labute approximate surface area is 181 Å². The van der Waals surface area contributed by atoms with Crippen LogP contribution >= 0.6 is 0 Å². The maximum absolute atomic E-state index is 13.2. The van der Waals surface area contributed by atoms with Gasteiger partial charge in [-0.3, -0.25) is 9.79 Å². The van der Waals surface area contributed by atoms with Crippen molar-refractivity contribution in [2.45, 2.75) is 26.7 Å². The highest BCUT2D eigenvalue weighted by molar-refractivity contribution is 6.06. The molecule has 2 heterocycles. The zero-order valence-corrected chi connectivity index (χ0v) is 18.6. The molecular formula is C22H27N3O6. The molecule has 31 heavy (non-hydrogen) atoms. The van der Waals surface area contributed by atoms with Gasteiger partial charge >= 0.3 is 5.97 Å². The molecule has 0 radical (unpaired) electrons. The molecule has 1 aromatic carbocycles. The Kier molecular flexibility index (Phi) is 7.06. The Balaban J connectivity index is 2.20. The van der Waals surface area contributed by atoms with Crippen LogP contribution in [0.25, 0.3) is 5.57 Å². The minimum Gasteiger partial charge on any atom is -0.493 e. The average Bonchev–Trinajstić information content (AvgIpc) is 3.18. The number of carbonyl (C=O) groups excluding carboxylic acids is 1. The van der Waals surface area contributed by atoms with Crippen LogP contribution in [0.1, 0.15) is 37.0 Å². The number of hydrogen-bond donors (Lipinski definition) is 0. The van der Waals surface area contributed by atoms with Gasteiger partial charge in [0.2, 0.25) is 0 Å². The fourth-order valence-corrected chi connectivity index (χ4v) is 3.84. The van der Waals surface area contributed by atoms with Gasteiger partial charge in [0.05, 0.1) is 20.8 Å². The Morgan fingerprint density at radius 2 is 1.87 bits per heavy atom. The largest absolute Gasteiger partial charge is 0.493 e. The number of benzene rings is 1. The van der Waals surface area contributed by atoms with Crippen LogP contribution in [0.15, 0.2) is 33.4 Å². The van der Waals surface area contributed by atoms with Crippen molar-refractivity contribution < 1.29 is 28.3 Å². The summed E-state index contributed by atoms with van der Waals surface area (Å²) in [6, 6.07) is 5.53. The molecule has 0 spiro atoms. The van der Waals surface area contributed by atoms with E-state index in [0.29, 0.717) is 46.8 Å². The minimum atomic E-state index is -0.719. The number of ether oxygens (including phenoxy) is 4. The van der Waals surface area contributed by atoms with Crippen LogP contribution in [0.3, 0.4) is 0 Å². The number of hydrogen-bond acceptors (Lipinski definition) is 9. The Hall–Kier alpha value is -3.20. The summed E-state index contributed by atoms with van der Waals surface area (Å²) in [6.45, 7) is 5.83. The van der Waals surface area contributed by atoms with E-state index in [1.54, 1.807) is 41.2 Å². The van der Waals surface area contributed by atoms with Crippen LogP contribution in [-0.4, -0.2) is 56.4 Å². The first kappa shape index (κ1) is 22.5. The van der Waals surface area contributed by atoms with Crippen LogP contribution in [0.5, 0.6) is 11.5 Å². The van der Waals surface area contributed by atoms with Crippen molar-refractivity contribution in [1.29, 1.82) is 0 Å². The molecule has 9 nitrogen and oxygen atoms in total. The number of aryl methyl sites for hydroxylation is 1. The van der Waals surface area contributed by atoms with Gasteiger partial charge in [0, 0.05) is 35.6 Å². The molecule has 0 saturated heterocycles. The zero-order chi connectivity index (χ0) is 22.5. The van der Waals surface area contributed by atoms with E-state index in [4.69, 9.17) is 23.5 Å². The number of aromatic nitrogens is 2. The molecule has 0 fully saturated rings. The number of methoxy groups -OCH3 is 3. The predicted molar refractivity (Wildman–Crippen MR) is 113 cm³/mol.